The van der Waals surface area contributed by atoms with Gasteiger partial charge in [0.25, 0.3) is 0 Å². The quantitative estimate of drug-likeness (QED) is 0.443. The molecule has 0 bridgehead atoms. The van der Waals surface area contributed by atoms with Gasteiger partial charge in [-0.2, -0.15) is 11.8 Å². The highest BCUT2D eigenvalue weighted by molar-refractivity contribution is 7.98. The standard InChI is InChI=1S/C17H25N5S/c1-3-19-17(20-9-11-23-2)21-12-15-4-6-16(7-5-15)13-22-10-8-18-14-22/h4-8,10,14H,3,9,11-13H2,1-2H3,(H2,19,20,21). The summed E-state index contributed by atoms with van der Waals surface area (Å²) in [5.74, 6) is 1.96. The van der Waals surface area contributed by atoms with Crippen LogP contribution in [0.25, 0.3) is 0 Å². The minimum absolute atomic E-state index is 0.681. The van der Waals surface area contributed by atoms with E-state index in [1.165, 1.54) is 11.1 Å². The maximum atomic E-state index is 4.63. The molecule has 6 heteroatoms. The average molecular weight is 331 g/mol. The fourth-order valence-corrected chi connectivity index (χ4v) is 2.43. The van der Waals surface area contributed by atoms with Crippen molar-refractivity contribution in [2.24, 2.45) is 4.99 Å². The Morgan fingerprint density at radius 3 is 2.65 bits per heavy atom. The minimum atomic E-state index is 0.681. The molecule has 0 amide bonds. The third kappa shape index (κ3) is 6.36. The molecule has 0 saturated carbocycles. The number of imidazole rings is 1. The summed E-state index contributed by atoms with van der Waals surface area (Å²) in [6.45, 7) is 5.41. The van der Waals surface area contributed by atoms with Gasteiger partial charge < -0.3 is 15.2 Å². The second kappa shape index (κ2) is 9.94. The van der Waals surface area contributed by atoms with Gasteiger partial charge in [-0.3, -0.25) is 0 Å². The maximum absolute atomic E-state index is 4.63. The molecule has 0 saturated heterocycles. The zero-order chi connectivity index (χ0) is 16.3. The highest BCUT2D eigenvalue weighted by Crippen LogP contribution is 2.07. The van der Waals surface area contributed by atoms with Crippen LogP contribution in [0.3, 0.4) is 0 Å². The van der Waals surface area contributed by atoms with Gasteiger partial charge in [0.2, 0.25) is 0 Å². The Morgan fingerprint density at radius 2 is 2.00 bits per heavy atom. The first kappa shape index (κ1) is 17.4. The lowest BCUT2D eigenvalue weighted by Crippen LogP contribution is -2.38. The third-order valence-corrected chi connectivity index (χ3v) is 3.92. The fourth-order valence-electron chi connectivity index (χ4n) is 2.12. The average Bonchev–Trinajstić information content (AvgIpc) is 3.07. The van der Waals surface area contributed by atoms with E-state index in [0.29, 0.717) is 6.54 Å². The number of thioether (sulfide) groups is 1. The van der Waals surface area contributed by atoms with Crippen LogP contribution < -0.4 is 10.6 Å². The molecule has 1 aromatic heterocycles. The molecular weight excluding hydrogens is 306 g/mol. The first-order chi connectivity index (χ1) is 11.3. The van der Waals surface area contributed by atoms with Gasteiger partial charge in [0.05, 0.1) is 12.9 Å². The van der Waals surface area contributed by atoms with Crippen molar-refractivity contribution in [1.82, 2.24) is 20.2 Å². The van der Waals surface area contributed by atoms with Crippen LogP contribution in [0, 0.1) is 0 Å². The fraction of sp³-hybridized carbons (Fsp3) is 0.412. The maximum Gasteiger partial charge on any atom is 0.191 e. The highest BCUT2D eigenvalue weighted by Gasteiger charge is 1.99. The number of hydrogen-bond donors (Lipinski definition) is 2. The summed E-state index contributed by atoms with van der Waals surface area (Å²) in [5.41, 5.74) is 2.47. The monoisotopic (exact) mass is 331 g/mol. The van der Waals surface area contributed by atoms with Gasteiger partial charge in [-0.25, -0.2) is 9.98 Å². The summed E-state index contributed by atoms with van der Waals surface area (Å²) >= 11 is 1.83. The van der Waals surface area contributed by atoms with Gasteiger partial charge in [-0.15, -0.1) is 0 Å². The van der Waals surface area contributed by atoms with E-state index in [1.807, 2.05) is 24.3 Å². The number of rotatable bonds is 8. The molecule has 5 nitrogen and oxygen atoms in total. The SMILES string of the molecule is CCNC(=NCc1ccc(Cn2ccnc2)cc1)NCCSC. The van der Waals surface area contributed by atoms with Crippen molar-refractivity contribution in [2.45, 2.75) is 20.0 Å². The molecule has 0 spiro atoms. The molecular formula is C17H25N5S. The summed E-state index contributed by atoms with van der Waals surface area (Å²) in [7, 11) is 0. The minimum Gasteiger partial charge on any atom is -0.357 e. The van der Waals surface area contributed by atoms with E-state index in [-0.39, 0.29) is 0 Å². The van der Waals surface area contributed by atoms with Crippen molar-refractivity contribution >= 4 is 17.7 Å². The van der Waals surface area contributed by atoms with Gasteiger partial charge in [0.15, 0.2) is 5.96 Å². The van der Waals surface area contributed by atoms with Crippen LogP contribution >= 0.6 is 11.8 Å². The van der Waals surface area contributed by atoms with E-state index in [4.69, 9.17) is 0 Å². The summed E-state index contributed by atoms with van der Waals surface area (Å²) in [6, 6.07) is 8.58. The number of nitrogens with zero attached hydrogens (tertiary/aromatic N) is 3. The molecule has 0 fully saturated rings. The van der Waals surface area contributed by atoms with Gasteiger partial charge in [0, 0.05) is 37.8 Å². The second-order valence-electron chi connectivity index (χ2n) is 5.17. The van der Waals surface area contributed by atoms with Crippen LogP contribution in [0.15, 0.2) is 48.0 Å². The van der Waals surface area contributed by atoms with E-state index in [1.54, 1.807) is 6.20 Å². The van der Waals surface area contributed by atoms with Crippen LogP contribution in [0.1, 0.15) is 18.1 Å². The van der Waals surface area contributed by atoms with Gasteiger partial charge in [0.1, 0.15) is 0 Å². The topological polar surface area (TPSA) is 54.2 Å². The van der Waals surface area contributed by atoms with Crippen molar-refractivity contribution in [3.63, 3.8) is 0 Å². The van der Waals surface area contributed by atoms with Crippen molar-refractivity contribution in [1.29, 1.82) is 0 Å². The van der Waals surface area contributed by atoms with Gasteiger partial charge >= 0.3 is 0 Å². The number of nitrogens with one attached hydrogen (secondary N) is 2. The lowest BCUT2D eigenvalue weighted by atomic mass is 10.1. The molecule has 0 atom stereocenters. The molecule has 23 heavy (non-hydrogen) atoms. The Kier molecular flexibility index (Phi) is 7.52. The number of hydrogen-bond acceptors (Lipinski definition) is 3. The molecule has 2 aromatic rings. The molecule has 0 unspecified atom stereocenters. The summed E-state index contributed by atoms with van der Waals surface area (Å²) in [6.07, 6.45) is 7.72. The van der Waals surface area contributed by atoms with Crippen LogP contribution in [0.2, 0.25) is 0 Å². The predicted molar refractivity (Wildman–Crippen MR) is 99.0 cm³/mol. The Labute approximate surface area is 142 Å². The molecule has 2 rings (SSSR count). The number of guanidine groups is 1. The largest absolute Gasteiger partial charge is 0.357 e. The van der Waals surface area contributed by atoms with E-state index in [0.717, 1.165) is 31.3 Å². The summed E-state index contributed by atoms with van der Waals surface area (Å²) in [4.78, 5) is 8.69. The van der Waals surface area contributed by atoms with Crippen LogP contribution in [-0.2, 0) is 13.1 Å². The lowest BCUT2D eigenvalue weighted by Gasteiger charge is -2.10. The molecule has 0 aliphatic rings. The summed E-state index contributed by atoms with van der Waals surface area (Å²) < 4.78 is 2.06. The van der Waals surface area contributed by atoms with Crippen LogP contribution in [0.4, 0.5) is 0 Å². The Balaban J connectivity index is 1.89. The smallest absolute Gasteiger partial charge is 0.191 e. The lowest BCUT2D eigenvalue weighted by molar-refractivity contribution is 0.796. The zero-order valence-electron chi connectivity index (χ0n) is 13.8. The predicted octanol–water partition coefficient (Wildman–Crippen LogP) is 2.35. The van der Waals surface area contributed by atoms with Crippen molar-refractivity contribution in [3.8, 4) is 0 Å². The van der Waals surface area contributed by atoms with E-state index in [2.05, 4.69) is 62.6 Å². The normalized spacial score (nSPS) is 11.5. The first-order valence-corrected chi connectivity index (χ1v) is 9.26. The van der Waals surface area contributed by atoms with E-state index < -0.39 is 0 Å². The van der Waals surface area contributed by atoms with Crippen molar-refractivity contribution < 1.29 is 0 Å². The Morgan fingerprint density at radius 1 is 1.22 bits per heavy atom. The number of benzene rings is 1. The number of aliphatic imine (C=N–C) groups is 1. The van der Waals surface area contributed by atoms with Gasteiger partial charge in [-0.1, -0.05) is 24.3 Å². The molecule has 124 valence electrons. The van der Waals surface area contributed by atoms with Crippen molar-refractivity contribution in [3.05, 3.63) is 54.1 Å². The van der Waals surface area contributed by atoms with E-state index in [9.17, 15) is 0 Å². The molecule has 1 aromatic carbocycles. The van der Waals surface area contributed by atoms with Gasteiger partial charge in [-0.05, 0) is 24.3 Å². The van der Waals surface area contributed by atoms with E-state index >= 15 is 0 Å². The molecule has 0 radical (unpaired) electrons. The Hall–Kier alpha value is -1.95. The molecule has 1 heterocycles. The van der Waals surface area contributed by atoms with Crippen molar-refractivity contribution in [2.75, 3.05) is 25.1 Å². The summed E-state index contributed by atoms with van der Waals surface area (Å²) in [5, 5.41) is 6.61. The molecule has 2 N–H and O–H groups in total. The molecule has 0 aliphatic heterocycles. The number of aromatic nitrogens is 2. The highest BCUT2D eigenvalue weighted by atomic mass is 32.2. The van der Waals surface area contributed by atoms with Crippen LogP contribution in [-0.4, -0.2) is 40.6 Å². The molecule has 0 aliphatic carbocycles. The zero-order valence-corrected chi connectivity index (χ0v) is 14.6. The Bertz CT molecular complexity index is 578. The van der Waals surface area contributed by atoms with Crippen LogP contribution in [0.5, 0.6) is 0 Å². The third-order valence-electron chi connectivity index (χ3n) is 3.31. The first-order valence-electron chi connectivity index (χ1n) is 7.86. The second-order valence-corrected chi connectivity index (χ2v) is 6.15.